The van der Waals surface area contributed by atoms with Gasteiger partial charge in [0.15, 0.2) is 0 Å². The molecular formula is C16H18FNO3. The maximum Gasteiger partial charge on any atom is 0.255 e. The maximum absolute atomic E-state index is 13.5. The lowest BCUT2D eigenvalue weighted by Crippen LogP contribution is -2.48. The zero-order chi connectivity index (χ0) is 15.2. The second-order valence-electron chi connectivity index (χ2n) is 4.79. The molecule has 1 aliphatic rings. The molecule has 1 aliphatic heterocycles. The molecule has 2 rings (SSSR count). The summed E-state index contributed by atoms with van der Waals surface area (Å²) in [5, 5.41) is 8.78. The van der Waals surface area contributed by atoms with Gasteiger partial charge in [-0.2, -0.15) is 0 Å². The Morgan fingerprint density at radius 3 is 3.10 bits per heavy atom. The number of carbonyl (C=O) groups is 1. The number of amides is 1. The highest BCUT2D eigenvalue weighted by Gasteiger charge is 2.28. The maximum atomic E-state index is 13.5. The fraction of sp³-hybridized carbons (Fsp3) is 0.438. The summed E-state index contributed by atoms with van der Waals surface area (Å²) in [4.78, 5) is 14.4. The number of hydrogen-bond acceptors (Lipinski definition) is 3. The van der Waals surface area contributed by atoms with Crippen LogP contribution in [0.25, 0.3) is 0 Å². The number of benzene rings is 1. The van der Waals surface area contributed by atoms with E-state index in [1.165, 1.54) is 18.2 Å². The van der Waals surface area contributed by atoms with Crippen LogP contribution in [0.1, 0.15) is 29.3 Å². The number of aliphatic hydroxyl groups is 1. The largest absolute Gasteiger partial charge is 0.384 e. The third-order valence-electron chi connectivity index (χ3n) is 3.47. The molecular weight excluding hydrogens is 273 g/mol. The first-order chi connectivity index (χ1) is 10.2. The molecule has 1 aromatic carbocycles. The van der Waals surface area contributed by atoms with Crippen molar-refractivity contribution in [2.45, 2.75) is 19.4 Å². The molecule has 0 spiro atoms. The highest BCUT2D eigenvalue weighted by atomic mass is 19.1. The van der Waals surface area contributed by atoms with E-state index in [9.17, 15) is 9.18 Å². The molecule has 1 atom stereocenters. The first-order valence-electron chi connectivity index (χ1n) is 6.95. The van der Waals surface area contributed by atoms with Crippen LogP contribution in [0.4, 0.5) is 4.39 Å². The van der Waals surface area contributed by atoms with Crippen molar-refractivity contribution >= 4 is 5.91 Å². The zero-order valence-electron chi connectivity index (χ0n) is 11.9. The topological polar surface area (TPSA) is 49.8 Å². The Bertz CT molecular complexity index is 577. The monoisotopic (exact) mass is 291 g/mol. The molecule has 0 aliphatic carbocycles. The molecule has 0 saturated carbocycles. The summed E-state index contributed by atoms with van der Waals surface area (Å²) in [6, 6.07) is 3.92. The number of morpholine rings is 1. The van der Waals surface area contributed by atoms with Gasteiger partial charge in [0.05, 0.1) is 24.8 Å². The van der Waals surface area contributed by atoms with Gasteiger partial charge in [-0.3, -0.25) is 4.79 Å². The molecule has 1 saturated heterocycles. The van der Waals surface area contributed by atoms with Crippen molar-refractivity contribution in [3.05, 3.63) is 35.1 Å². The summed E-state index contributed by atoms with van der Waals surface area (Å²) in [6.07, 6.45) is 0.776. The van der Waals surface area contributed by atoms with Crippen LogP contribution < -0.4 is 0 Å². The van der Waals surface area contributed by atoms with E-state index >= 15 is 0 Å². The van der Waals surface area contributed by atoms with Crippen molar-refractivity contribution in [1.29, 1.82) is 0 Å². The molecule has 0 radical (unpaired) electrons. The van der Waals surface area contributed by atoms with Crippen LogP contribution in [0.5, 0.6) is 0 Å². The van der Waals surface area contributed by atoms with Crippen LogP contribution >= 0.6 is 0 Å². The van der Waals surface area contributed by atoms with Gasteiger partial charge < -0.3 is 14.7 Å². The Morgan fingerprint density at radius 1 is 1.57 bits per heavy atom. The summed E-state index contributed by atoms with van der Waals surface area (Å²) >= 11 is 0. The Labute approximate surface area is 123 Å². The number of aliphatic hydroxyl groups excluding tert-OH is 1. The lowest BCUT2D eigenvalue weighted by Gasteiger charge is -2.35. The summed E-state index contributed by atoms with van der Waals surface area (Å²) in [5.41, 5.74) is 0.660. The first kappa shape index (κ1) is 15.5. The summed E-state index contributed by atoms with van der Waals surface area (Å²) in [7, 11) is 0. The van der Waals surface area contributed by atoms with Crippen molar-refractivity contribution in [2.24, 2.45) is 0 Å². The minimum absolute atomic E-state index is 0.00633. The van der Waals surface area contributed by atoms with Gasteiger partial charge in [0.1, 0.15) is 12.4 Å². The minimum Gasteiger partial charge on any atom is -0.384 e. The predicted molar refractivity (Wildman–Crippen MR) is 76.3 cm³/mol. The summed E-state index contributed by atoms with van der Waals surface area (Å²) in [6.45, 7) is 3.14. The molecule has 0 aromatic heterocycles. The molecule has 5 heteroatoms. The minimum atomic E-state index is -0.478. The normalized spacial score (nSPS) is 18.0. The van der Waals surface area contributed by atoms with E-state index in [4.69, 9.17) is 9.84 Å². The second-order valence-corrected chi connectivity index (χ2v) is 4.79. The van der Waals surface area contributed by atoms with Gasteiger partial charge in [-0.05, 0) is 24.6 Å². The molecule has 1 N–H and O–H groups in total. The molecule has 4 nitrogen and oxygen atoms in total. The highest BCUT2D eigenvalue weighted by Crippen LogP contribution is 2.18. The lowest BCUT2D eigenvalue weighted by atomic mass is 10.0. The smallest absolute Gasteiger partial charge is 0.255 e. The number of hydrogen-bond donors (Lipinski definition) is 1. The Kier molecular flexibility index (Phi) is 5.32. The third-order valence-corrected chi connectivity index (χ3v) is 3.47. The van der Waals surface area contributed by atoms with Gasteiger partial charge in [0, 0.05) is 12.1 Å². The van der Waals surface area contributed by atoms with Crippen LogP contribution in [-0.2, 0) is 4.74 Å². The first-order valence-corrected chi connectivity index (χ1v) is 6.95. The molecule has 112 valence electrons. The Balaban J connectivity index is 2.35. The number of nitrogens with zero attached hydrogens (tertiary/aromatic N) is 1. The third kappa shape index (κ3) is 3.60. The highest BCUT2D eigenvalue weighted by molar-refractivity contribution is 5.97. The average Bonchev–Trinajstić information content (AvgIpc) is 2.53. The van der Waals surface area contributed by atoms with E-state index in [1.807, 2.05) is 6.92 Å². The molecule has 1 amide bonds. The fourth-order valence-corrected chi connectivity index (χ4v) is 2.35. The van der Waals surface area contributed by atoms with Gasteiger partial charge in [-0.25, -0.2) is 4.39 Å². The number of ether oxygens (including phenoxy) is 1. The van der Waals surface area contributed by atoms with E-state index < -0.39 is 5.82 Å². The fourth-order valence-electron chi connectivity index (χ4n) is 2.35. The Morgan fingerprint density at radius 2 is 2.38 bits per heavy atom. The summed E-state index contributed by atoms with van der Waals surface area (Å²) in [5.74, 6) is 4.47. The van der Waals surface area contributed by atoms with Crippen LogP contribution in [0.3, 0.4) is 0 Å². The second kappa shape index (κ2) is 7.21. The molecule has 21 heavy (non-hydrogen) atoms. The van der Waals surface area contributed by atoms with Crippen LogP contribution in [0.2, 0.25) is 0 Å². The predicted octanol–water partition coefficient (Wildman–Crippen LogP) is 1.42. The zero-order valence-corrected chi connectivity index (χ0v) is 11.9. The van der Waals surface area contributed by atoms with Gasteiger partial charge in [-0.1, -0.05) is 18.8 Å². The molecule has 0 bridgehead atoms. The van der Waals surface area contributed by atoms with Gasteiger partial charge in [-0.15, -0.1) is 0 Å². The molecule has 1 fully saturated rings. The number of rotatable bonds is 2. The van der Waals surface area contributed by atoms with Crippen molar-refractivity contribution in [2.75, 3.05) is 26.4 Å². The van der Waals surface area contributed by atoms with E-state index in [2.05, 4.69) is 11.8 Å². The van der Waals surface area contributed by atoms with Gasteiger partial charge in [0.25, 0.3) is 5.91 Å². The van der Waals surface area contributed by atoms with Crippen LogP contribution in [0, 0.1) is 17.7 Å². The standard InChI is InChI=1S/C16H18FNO3/c1-2-14-11-21-9-7-18(14)16(20)15-10-13(17)6-5-12(15)4-3-8-19/h5-6,10,14,19H,2,7-9,11H2,1H3. The molecule has 1 unspecified atom stereocenters. The Hall–Kier alpha value is -1.90. The quantitative estimate of drug-likeness (QED) is 0.838. The van der Waals surface area contributed by atoms with Crippen molar-refractivity contribution in [3.8, 4) is 11.8 Å². The van der Waals surface area contributed by atoms with E-state index in [-0.39, 0.29) is 24.1 Å². The molecule has 1 heterocycles. The van der Waals surface area contributed by atoms with Crippen molar-refractivity contribution < 1.29 is 19.0 Å². The number of carbonyl (C=O) groups excluding carboxylic acids is 1. The lowest BCUT2D eigenvalue weighted by molar-refractivity contribution is -0.00283. The molecule has 1 aromatic rings. The number of halogens is 1. The summed E-state index contributed by atoms with van der Waals surface area (Å²) < 4.78 is 18.9. The van der Waals surface area contributed by atoms with E-state index in [0.717, 1.165) is 6.42 Å². The van der Waals surface area contributed by atoms with Crippen molar-refractivity contribution in [1.82, 2.24) is 4.90 Å². The average molecular weight is 291 g/mol. The van der Waals surface area contributed by atoms with E-state index in [1.54, 1.807) is 4.90 Å². The van der Waals surface area contributed by atoms with Gasteiger partial charge >= 0.3 is 0 Å². The van der Waals surface area contributed by atoms with E-state index in [0.29, 0.717) is 25.3 Å². The van der Waals surface area contributed by atoms with Crippen LogP contribution in [-0.4, -0.2) is 48.3 Å². The SMILES string of the molecule is CCC1COCCN1C(=O)c1cc(F)ccc1C#CCO. The van der Waals surface area contributed by atoms with Crippen molar-refractivity contribution in [3.63, 3.8) is 0 Å². The van der Waals surface area contributed by atoms with Crippen LogP contribution in [0.15, 0.2) is 18.2 Å². The van der Waals surface area contributed by atoms with Gasteiger partial charge in [0.2, 0.25) is 0 Å².